The van der Waals surface area contributed by atoms with Gasteiger partial charge < -0.3 is 5.32 Å². The van der Waals surface area contributed by atoms with Gasteiger partial charge in [0.15, 0.2) is 0 Å². The van der Waals surface area contributed by atoms with Gasteiger partial charge in [-0.3, -0.25) is 14.6 Å². The molecule has 0 aromatic carbocycles. The topological polar surface area (TPSA) is 92.7 Å². The summed E-state index contributed by atoms with van der Waals surface area (Å²) in [4.78, 5) is 31.8. The normalized spacial score (nSPS) is 14.7. The van der Waals surface area contributed by atoms with Crippen LogP contribution < -0.4 is 10.9 Å². The molecule has 0 unspecified atom stereocenters. The van der Waals surface area contributed by atoms with E-state index >= 15 is 0 Å². The van der Waals surface area contributed by atoms with Crippen molar-refractivity contribution in [3.05, 3.63) is 33.4 Å². The molecular formula is C19H27N5O2. The number of rotatable bonds is 6. The van der Waals surface area contributed by atoms with Gasteiger partial charge in [-0.1, -0.05) is 32.6 Å². The Balaban J connectivity index is 1.77. The van der Waals surface area contributed by atoms with E-state index in [9.17, 15) is 9.59 Å². The summed E-state index contributed by atoms with van der Waals surface area (Å²) in [7, 11) is 0. The van der Waals surface area contributed by atoms with E-state index in [-0.39, 0.29) is 11.5 Å². The van der Waals surface area contributed by atoms with Crippen LogP contribution in [0.15, 0.2) is 10.9 Å². The molecule has 0 radical (unpaired) electrons. The minimum absolute atomic E-state index is 0.0257. The van der Waals surface area contributed by atoms with Gasteiger partial charge in [-0.2, -0.15) is 9.78 Å². The highest BCUT2D eigenvalue weighted by molar-refractivity contribution is 5.90. The fraction of sp³-hybridized carbons (Fsp3) is 0.579. The van der Waals surface area contributed by atoms with Gasteiger partial charge in [0.25, 0.3) is 5.56 Å². The van der Waals surface area contributed by atoms with Crippen LogP contribution in [0.25, 0.3) is 5.95 Å². The molecular weight excluding hydrogens is 330 g/mol. The van der Waals surface area contributed by atoms with E-state index < -0.39 is 0 Å². The lowest BCUT2D eigenvalue weighted by Crippen LogP contribution is -2.22. The molecule has 1 amide bonds. The van der Waals surface area contributed by atoms with Crippen molar-refractivity contribution < 1.29 is 4.79 Å². The SMILES string of the molecule is CCc1c(C)nc(-n2nc(C)cc2NC(=O)CCC2CCCC2)[nH]c1=O. The summed E-state index contributed by atoms with van der Waals surface area (Å²) in [6.45, 7) is 5.58. The Bertz CT molecular complexity index is 846. The molecule has 3 rings (SSSR count). The number of anilines is 1. The number of amides is 1. The fourth-order valence-electron chi connectivity index (χ4n) is 3.70. The molecule has 2 N–H and O–H groups in total. The minimum Gasteiger partial charge on any atom is -0.310 e. The molecule has 1 saturated carbocycles. The summed E-state index contributed by atoms with van der Waals surface area (Å²) in [5.74, 6) is 1.51. The maximum absolute atomic E-state index is 12.4. The van der Waals surface area contributed by atoms with Gasteiger partial charge in [-0.25, -0.2) is 4.98 Å². The Morgan fingerprint density at radius 3 is 2.73 bits per heavy atom. The van der Waals surface area contributed by atoms with Gasteiger partial charge in [0.2, 0.25) is 11.9 Å². The molecule has 2 aromatic rings. The summed E-state index contributed by atoms with van der Waals surface area (Å²) in [6, 6.07) is 1.79. The van der Waals surface area contributed by atoms with Crippen molar-refractivity contribution in [3.8, 4) is 5.95 Å². The van der Waals surface area contributed by atoms with Crippen molar-refractivity contribution in [3.63, 3.8) is 0 Å². The van der Waals surface area contributed by atoms with Crippen molar-refractivity contribution in [1.29, 1.82) is 0 Å². The molecule has 0 aliphatic heterocycles. The largest absolute Gasteiger partial charge is 0.310 e. The summed E-state index contributed by atoms with van der Waals surface area (Å²) in [5.41, 5.74) is 1.93. The second kappa shape index (κ2) is 7.85. The first-order valence-electron chi connectivity index (χ1n) is 9.44. The van der Waals surface area contributed by atoms with E-state index in [0.717, 1.165) is 12.1 Å². The molecule has 7 nitrogen and oxygen atoms in total. The van der Waals surface area contributed by atoms with Crippen molar-refractivity contribution in [2.75, 3.05) is 5.32 Å². The van der Waals surface area contributed by atoms with E-state index in [4.69, 9.17) is 0 Å². The predicted molar refractivity (Wildman–Crippen MR) is 101 cm³/mol. The average Bonchev–Trinajstić information content (AvgIpc) is 3.22. The number of hydrogen-bond acceptors (Lipinski definition) is 4. The lowest BCUT2D eigenvalue weighted by atomic mass is 10.0. The second-order valence-corrected chi connectivity index (χ2v) is 7.13. The first kappa shape index (κ1) is 18.4. The summed E-state index contributed by atoms with van der Waals surface area (Å²) in [6.07, 6.45) is 7.09. The molecule has 140 valence electrons. The quantitative estimate of drug-likeness (QED) is 0.831. The average molecular weight is 357 g/mol. The third kappa shape index (κ3) is 4.03. The van der Waals surface area contributed by atoms with Crippen LogP contribution in [0.4, 0.5) is 5.82 Å². The molecule has 7 heteroatoms. The van der Waals surface area contributed by atoms with Gasteiger partial charge in [-0.05, 0) is 32.6 Å². The number of hydrogen-bond donors (Lipinski definition) is 2. The maximum Gasteiger partial charge on any atom is 0.255 e. The summed E-state index contributed by atoms with van der Waals surface area (Å²) in [5, 5.41) is 7.30. The standard InChI is InChI=1S/C19H27N5O2/c1-4-15-13(3)20-19(22-18(15)26)24-16(11-12(2)23-24)21-17(25)10-9-14-7-5-6-8-14/h11,14H,4-10H2,1-3H3,(H,21,25)(H,20,22,26). The van der Waals surface area contributed by atoms with Gasteiger partial charge in [-0.15, -0.1) is 0 Å². The molecule has 26 heavy (non-hydrogen) atoms. The molecule has 0 saturated heterocycles. The van der Waals surface area contributed by atoms with Crippen LogP contribution in [-0.2, 0) is 11.2 Å². The Hall–Kier alpha value is -2.44. The monoisotopic (exact) mass is 357 g/mol. The van der Waals surface area contributed by atoms with Crippen LogP contribution in [0, 0.1) is 19.8 Å². The minimum atomic E-state index is -0.165. The fourth-order valence-corrected chi connectivity index (χ4v) is 3.70. The lowest BCUT2D eigenvalue weighted by molar-refractivity contribution is -0.116. The molecule has 1 fully saturated rings. The third-order valence-corrected chi connectivity index (χ3v) is 5.12. The van der Waals surface area contributed by atoms with Crippen LogP contribution in [0.2, 0.25) is 0 Å². The van der Waals surface area contributed by atoms with Gasteiger partial charge in [0, 0.05) is 23.7 Å². The van der Waals surface area contributed by atoms with Gasteiger partial charge in [0.05, 0.1) is 5.69 Å². The zero-order valence-corrected chi connectivity index (χ0v) is 15.8. The zero-order chi connectivity index (χ0) is 18.7. The summed E-state index contributed by atoms with van der Waals surface area (Å²) >= 11 is 0. The second-order valence-electron chi connectivity index (χ2n) is 7.13. The van der Waals surface area contributed by atoms with Crippen LogP contribution in [-0.4, -0.2) is 25.7 Å². The van der Waals surface area contributed by atoms with Crippen molar-refractivity contribution >= 4 is 11.7 Å². The van der Waals surface area contributed by atoms with E-state index in [1.54, 1.807) is 6.07 Å². The Labute approximate surface area is 153 Å². The zero-order valence-electron chi connectivity index (χ0n) is 15.8. The molecule has 1 aliphatic rings. The molecule has 1 aliphatic carbocycles. The predicted octanol–water partition coefficient (Wildman–Crippen LogP) is 3.04. The van der Waals surface area contributed by atoms with Gasteiger partial charge >= 0.3 is 0 Å². The smallest absolute Gasteiger partial charge is 0.255 e. The van der Waals surface area contributed by atoms with Crippen LogP contribution in [0.1, 0.15) is 62.4 Å². The van der Waals surface area contributed by atoms with E-state index in [1.807, 2.05) is 20.8 Å². The lowest BCUT2D eigenvalue weighted by Gasteiger charge is -2.11. The van der Waals surface area contributed by atoms with Crippen molar-refractivity contribution in [2.45, 2.75) is 65.7 Å². The number of aromatic amines is 1. The third-order valence-electron chi connectivity index (χ3n) is 5.12. The van der Waals surface area contributed by atoms with Crippen molar-refractivity contribution in [2.24, 2.45) is 5.92 Å². The highest BCUT2D eigenvalue weighted by Crippen LogP contribution is 2.28. The van der Waals surface area contributed by atoms with Gasteiger partial charge in [0.1, 0.15) is 5.82 Å². The number of carbonyl (C=O) groups is 1. The first-order valence-corrected chi connectivity index (χ1v) is 9.44. The molecule has 0 spiro atoms. The summed E-state index contributed by atoms with van der Waals surface area (Å²) < 4.78 is 1.50. The van der Waals surface area contributed by atoms with E-state index in [2.05, 4.69) is 20.4 Å². The Morgan fingerprint density at radius 2 is 2.08 bits per heavy atom. The van der Waals surface area contributed by atoms with Crippen molar-refractivity contribution in [1.82, 2.24) is 19.7 Å². The molecule has 2 aromatic heterocycles. The number of nitrogens with zero attached hydrogens (tertiary/aromatic N) is 3. The highest BCUT2D eigenvalue weighted by atomic mass is 16.1. The van der Waals surface area contributed by atoms with Crippen LogP contribution in [0.5, 0.6) is 0 Å². The first-order chi connectivity index (χ1) is 12.5. The molecule has 0 atom stereocenters. The van der Waals surface area contributed by atoms with E-state index in [0.29, 0.717) is 41.8 Å². The molecule has 2 heterocycles. The molecule has 0 bridgehead atoms. The van der Waals surface area contributed by atoms with Crippen LogP contribution >= 0.6 is 0 Å². The number of carbonyl (C=O) groups excluding carboxylic acids is 1. The number of aryl methyl sites for hydroxylation is 2. The number of H-pyrrole nitrogens is 1. The van der Waals surface area contributed by atoms with E-state index in [1.165, 1.54) is 30.4 Å². The maximum atomic E-state index is 12.4. The van der Waals surface area contributed by atoms with Crippen LogP contribution in [0.3, 0.4) is 0 Å². The Kier molecular flexibility index (Phi) is 5.54. The number of nitrogens with one attached hydrogen (secondary N) is 2. The highest BCUT2D eigenvalue weighted by Gasteiger charge is 2.18. The Morgan fingerprint density at radius 1 is 1.35 bits per heavy atom. The number of aromatic nitrogens is 4.